The normalized spacial score (nSPS) is 21.4. The molecule has 5 rings (SSSR count). The molecule has 0 unspecified atom stereocenters. The minimum Gasteiger partial charge on any atom is -0.378 e. The van der Waals surface area contributed by atoms with Crippen molar-refractivity contribution in [1.82, 2.24) is 19.9 Å². The van der Waals surface area contributed by atoms with E-state index in [9.17, 15) is 0 Å². The van der Waals surface area contributed by atoms with Crippen molar-refractivity contribution < 1.29 is 4.74 Å². The lowest BCUT2D eigenvalue weighted by molar-refractivity contribution is 0.122. The van der Waals surface area contributed by atoms with Crippen LogP contribution in [0.3, 0.4) is 0 Å². The average molecular weight is 384 g/mol. The summed E-state index contributed by atoms with van der Waals surface area (Å²) in [5, 5.41) is 0. The number of ether oxygens (including phenoxy) is 1. The van der Waals surface area contributed by atoms with E-state index in [2.05, 4.69) is 24.7 Å². The standard InChI is InChI=1S/C20H29N7O/c1-3-7-25(8-4-1)18-17-16(21-15-22-18)19(26-9-5-2-6-10-26)24-20(23-17)27-11-13-28-14-12-27/h15H,1-14H2. The lowest BCUT2D eigenvalue weighted by Crippen LogP contribution is -2.38. The molecule has 0 aliphatic carbocycles. The summed E-state index contributed by atoms with van der Waals surface area (Å²) in [4.78, 5) is 26.3. The van der Waals surface area contributed by atoms with E-state index >= 15 is 0 Å². The van der Waals surface area contributed by atoms with Crippen molar-refractivity contribution in [1.29, 1.82) is 0 Å². The second-order valence-electron chi connectivity index (χ2n) is 7.94. The number of aromatic nitrogens is 4. The van der Waals surface area contributed by atoms with E-state index in [1.807, 2.05) is 0 Å². The van der Waals surface area contributed by atoms with Gasteiger partial charge in [-0.1, -0.05) is 0 Å². The van der Waals surface area contributed by atoms with Gasteiger partial charge in [-0.25, -0.2) is 15.0 Å². The molecule has 0 spiro atoms. The number of fused-ring (bicyclic) bond motifs is 1. The first kappa shape index (κ1) is 17.8. The number of rotatable bonds is 3. The largest absolute Gasteiger partial charge is 0.378 e. The van der Waals surface area contributed by atoms with Crippen LogP contribution in [0.1, 0.15) is 38.5 Å². The summed E-state index contributed by atoms with van der Waals surface area (Å²) in [5.74, 6) is 2.75. The Morgan fingerprint density at radius 2 is 1.25 bits per heavy atom. The third kappa shape index (κ3) is 3.45. The summed E-state index contributed by atoms with van der Waals surface area (Å²) in [7, 11) is 0. The van der Waals surface area contributed by atoms with Crippen molar-refractivity contribution >= 4 is 28.6 Å². The van der Waals surface area contributed by atoms with Gasteiger partial charge in [-0.15, -0.1) is 0 Å². The Kier molecular flexibility index (Phi) is 5.12. The highest BCUT2D eigenvalue weighted by Gasteiger charge is 2.25. The summed E-state index contributed by atoms with van der Waals surface area (Å²) in [6, 6.07) is 0. The van der Waals surface area contributed by atoms with Crippen LogP contribution >= 0.6 is 0 Å². The van der Waals surface area contributed by atoms with Crippen LogP contribution in [0.15, 0.2) is 6.33 Å². The van der Waals surface area contributed by atoms with Crippen LogP contribution in [0.25, 0.3) is 11.0 Å². The lowest BCUT2D eigenvalue weighted by Gasteiger charge is -2.32. The maximum atomic E-state index is 5.53. The number of morpholine rings is 1. The average Bonchev–Trinajstić information content (AvgIpc) is 2.79. The van der Waals surface area contributed by atoms with Crippen LogP contribution in [0.2, 0.25) is 0 Å². The van der Waals surface area contributed by atoms with Crippen molar-refractivity contribution in [3.8, 4) is 0 Å². The Bertz CT molecular complexity index is 812. The summed E-state index contributed by atoms with van der Waals surface area (Å²) in [6.45, 7) is 7.28. The Morgan fingerprint density at radius 3 is 1.93 bits per heavy atom. The molecule has 0 amide bonds. The summed E-state index contributed by atoms with van der Waals surface area (Å²) >= 11 is 0. The van der Waals surface area contributed by atoms with E-state index in [4.69, 9.17) is 14.7 Å². The lowest BCUT2D eigenvalue weighted by atomic mass is 10.1. The summed E-state index contributed by atoms with van der Waals surface area (Å²) < 4.78 is 5.53. The molecule has 8 nitrogen and oxygen atoms in total. The fraction of sp³-hybridized carbons (Fsp3) is 0.700. The van der Waals surface area contributed by atoms with E-state index in [0.29, 0.717) is 0 Å². The molecule has 8 heteroatoms. The van der Waals surface area contributed by atoms with Gasteiger partial charge in [0, 0.05) is 39.3 Å². The number of anilines is 3. The monoisotopic (exact) mass is 383 g/mol. The molecular formula is C20H29N7O. The van der Waals surface area contributed by atoms with Crippen LogP contribution in [-0.2, 0) is 4.74 Å². The first-order valence-corrected chi connectivity index (χ1v) is 10.8. The first-order chi connectivity index (χ1) is 13.9. The van der Waals surface area contributed by atoms with Crippen LogP contribution < -0.4 is 14.7 Å². The van der Waals surface area contributed by atoms with E-state index in [1.54, 1.807) is 6.33 Å². The molecule has 5 heterocycles. The highest BCUT2D eigenvalue weighted by Crippen LogP contribution is 2.32. The molecule has 3 aliphatic heterocycles. The maximum absolute atomic E-state index is 5.53. The molecule has 3 saturated heterocycles. The van der Waals surface area contributed by atoms with Gasteiger partial charge in [0.05, 0.1) is 13.2 Å². The Labute approximate surface area is 165 Å². The fourth-order valence-electron chi connectivity index (χ4n) is 4.48. The number of hydrogen-bond donors (Lipinski definition) is 0. The zero-order chi connectivity index (χ0) is 18.8. The van der Waals surface area contributed by atoms with Crippen molar-refractivity contribution in [2.24, 2.45) is 0 Å². The van der Waals surface area contributed by atoms with Gasteiger partial charge in [-0.3, -0.25) is 0 Å². The zero-order valence-corrected chi connectivity index (χ0v) is 16.5. The molecular weight excluding hydrogens is 354 g/mol. The molecule has 0 atom stereocenters. The fourth-order valence-corrected chi connectivity index (χ4v) is 4.48. The number of nitrogens with zero attached hydrogens (tertiary/aromatic N) is 7. The second-order valence-corrected chi connectivity index (χ2v) is 7.94. The van der Waals surface area contributed by atoms with Crippen LogP contribution in [0.5, 0.6) is 0 Å². The van der Waals surface area contributed by atoms with E-state index < -0.39 is 0 Å². The molecule has 0 radical (unpaired) electrons. The predicted octanol–water partition coefficient (Wildman–Crippen LogP) is 2.24. The Morgan fingerprint density at radius 1 is 0.607 bits per heavy atom. The Balaban J connectivity index is 1.63. The molecule has 0 bridgehead atoms. The molecule has 0 N–H and O–H groups in total. The van der Waals surface area contributed by atoms with Gasteiger partial charge in [-0.05, 0) is 38.5 Å². The summed E-state index contributed by atoms with van der Waals surface area (Å²) in [6.07, 6.45) is 9.14. The van der Waals surface area contributed by atoms with Crippen molar-refractivity contribution in [2.75, 3.05) is 67.2 Å². The molecule has 150 valence electrons. The Hall–Kier alpha value is -2.22. The molecule has 3 fully saturated rings. The van der Waals surface area contributed by atoms with Gasteiger partial charge in [0.25, 0.3) is 0 Å². The molecule has 0 aromatic carbocycles. The van der Waals surface area contributed by atoms with Gasteiger partial charge in [0.1, 0.15) is 17.4 Å². The van der Waals surface area contributed by atoms with Crippen LogP contribution in [0, 0.1) is 0 Å². The van der Waals surface area contributed by atoms with E-state index in [-0.39, 0.29) is 0 Å². The van der Waals surface area contributed by atoms with Crippen LogP contribution in [0.4, 0.5) is 17.6 Å². The van der Waals surface area contributed by atoms with Gasteiger partial charge in [-0.2, -0.15) is 4.98 Å². The highest BCUT2D eigenvalue weighted by atomic mass is 16.5. The SMILES string of the molecule is c1nc(N2CCCCC2)c2nc(N3CCOCC3)nc(N3CCCCC3)c2n1. The predicted molar refractivity (Wildman–Crippen MR) is 110 cm³/mol. The molecule has 2 aromatic rings. The molecule has 3 aliphatic rings. The van der Waals surface area contributed by atoms with Gasteiger partial charge in [0.15, 0.2) is 11.6 Å². The highest BCUT2D eigenvalue weighted by molar-refractivity contribution is 5.94. The first-order valence-electron chi connectivity index (χ1n) is 10.8. The number of hydrogen-bond acceptors (Lipinski definition) is 8. The van der Waals surface area contributed by atoms with Crippen LogP contribution in [-0.4, -0.2) is 72.4 Å². The maximum Gasteiger partial charge on any atom is 0.228 e. The van der Waals surface area contributed by atoms with Gasteiger partial charge >= 0.3 is 0 Å². The van der Waals surface area contributed by atoms with Crippen molar-refractivity contribution in [2.45, 2.75) is 38.5 Å². The topological polar surface area (TPSA) is 70.5 Å². The molecule has 2 aromatic heterocycles. The van der Waals surface area contributed by atoms with Gasteiger partial charge in [0.2, 0.25) is 5.95 Å². The second kappa shape index (κ2) is 8.03. The quantitative estimate of drug-likeness (QED) is 0.799. The van der Waals surface area contributed by atoms with E-state index in [0.717, 1.165) is 81.1 Å². The van der Waals surface area contributed by atoms with E-state index in [1.165, 1.54) is 38.5 Å². The molecule has 28 heavy (non-hydrogen) atoms. The van der Waals surface area contributed by atoms with Gasteiger partial charge < -0.3 is 19.4 Å². The summed E-state index contributed by atoms with van der Waals surface area (Å²) in [5.41, 5.74) is 1.80. The minimum atomic E-state index is 0.727. The third-order valence-electron chi connectivity index (χ3n) is 6.04. The minimum absolute atomic E-state index is 0.727. The number of piperidine rings is 2. The van der Waals surface area contributed by atoms with Crippen molar-refractivity contribution in [3.63, 3.8) is 0 Å². The van der Waals surface area contributed by atoms with Crippen molar-refractivity contribution in [3.05, 3.63) is 6.33 Å². The molecule has 0 saturated carbocycles. The third-order valence-corrected chi connectivity index (χ3v) is 6.04. The smallest absolute Gasteiger partial charge is 0.228 e. The zero-order valence-electron chi connectivity index (χ0n) is 16.5.